The van der Waals surface area contributed by atoms with Crippen molar-refractivity contribution in [3.63, 3.8) is 0 Å². The van der Waals surface area contributed by atoms with Gasteiger partial charge in [0.2, 0.25) is 0 Å². The van der Waals surface area contributed by atoms with Crippen LogP contribution in [0.3, 0.4) is 0 Å². The van der Waals surface area contributed by atoms with E-state index in [0.717, 1.165) is 27.9 Å². The van der Waals surface area contributed by atoms with Crippen LogP contribution in [0.4, 0.5) is 0 Å². The second kappa shape index (κ2) is 7.16. The Kier molecular flexibility index (Phi) is 4.97. The minimum Gasteiger partial charge on any atom is -0.491 e. The summed E-state index contributed by atoms with van der Waals surface area (Å²) in [5.41, 5.74) is 9.09. The Bertz CT molecular complexity index is 834. The van der Waals surface area contributed by atoms with E-state index in [1.54, 1.807) is 0 Å². The number of ether oxygens (including phenoxy) is 1. The summed E-state index contributed by atoms with van der Waals surface area (Å²) in [4.78, 5) is 9.03. The highest BCUT2D eigenvalue weighted by Gasteiger charge is 2.16. The maximum atomic E-state index is 6.48. The largest absolute Gasteiger partial charge is 0.491 e. The molecule has 124 valence electrons. The van der Waals surface area contributed by atoms with Crippen molar-refractivity contribution >= 4 is 22.5 Å². The van der Waals surface area contributed by atoms with Gasteiger partial charge in [0, 0.05) is 5.39 Å². The molecule has 0 spiro atoms. The van der Waals surface area contributed by atoms with Crippen molar-refractivity contribution in [1.82, 2.24) is 9.97 Å². The number of halogens is 1. The van der Waals surface area contributed by atoms with Crippen molar-refractivity contribution in [3.8, 4) is 5.75 Å². The van der Waals surface area contributed by atoms with Crippen molar-refractivity contribution in [2.45, 2.75) is 31.9 Å². The molecule has 24 heavy (non-hydrogen) atoms. The lowest BCUT2D eigenvalue weighted by atomic mass is 10.0. The van der Waals surface area contributed by atoms with Gasteiger partial charge in [-0.1, -0.05) is 30.3 Å². The third-order valence-electron chi connectivity index (χ3n) is 3.70. The summed E-state index contributed by atoms with van der Waals surface area (Å²) in [5.74, 6) is 1.67. The fraction of sp³-hybridized carbons (Fsp3) is 0.263. The Morgan fingerprint density at radius 3 is 2.42 bits per heavy atom. The molecule has 0 aliphatic rings. The van der Waals surface area contributed by atoms with Gasteiger partial charge in [-0.25, -0.2) is 9.97 Å². The molecule has 3 aromatic rings. The van der Waals surface area contributed by atoms with E-state index >= 15 is 0 Å². The number of fused-ring (bicyclic) bond motifs is 1. The number of aromatic nitrogens is 2. The summed E-state index contributed by atoms with van der Waals surface area (Å²) in [6.45, 7) is 4.00. The van der Waals surface area contributed by atoms with Crippen LogP contribution in [0.2, 0.25) is 0 Å². The Balaban J connectivity index is 2.00. The molecule has 0 saturated carbocycles. The lowest BCUT2D eigenvalue weighted by Gasteiger charge is -2.16. The number of hydrogen-bond acceptors (Lipinski definition) is 4. The van der Waals surface area contributed by atoms with Crippen LogP contribution < -0.4 is 10.5 Å². The zero-order valence-electron chi connectivity index (χ0n) is 13.7. The van der Waals surface area contributed by atoms with Crippen molar-refractivity contribution in [1.29, 1.82) is 0 Å². The molecule has 3 rings (SSSR count). The number of rotatable bonds is 5. The van der Waals surface area contributed by atoms with Crippen molar-refractivity contribution in [2.24, 2.45) is 5.73 Å². The average molecular weight is 342 g/mol. The van der Waals surface area contributed by atoms with Crippen LogP contribution in [-0.4, -0.2) is 16.1 Å². The number of nitrogens with zero attached hydrogens (tertiary/aromatic N) is 2. The minimum atomic E-state index is -0.354. The minimum absolute atomic E-state index is 0.140. The standard InChI is InChI=1S/C19H20ClN3O/c1-12(2)24-14-9-7-13(8-10-14)18(21)19-15-5-3-4-6-16(15)22-17(11-20)23-19/h3-10,12,18H,11,21H2,1-2H3. The molecule has 4 nitrogen and oxygen atoms in total. The van der Waals surface area contributed by atoms with Crippen molar-refractivity contribution in [2.75, 3.05) is 0 Å². The Labute approximate surface area is 146 Å². The molecule has 0 aliphatic carbocycles. The van der Waals surface area contributed by atoms with Crippen LogP contribution in [-0.2, 0) is 5.88 Å². The van der Waals surface area contributed by atoms with Crippen LogP contribution in [0.5, 0.6) is 5.75 Å². The smallest absolute Gasteiger partial charge is 0.144 e. The van der Waals surface area contributed by atoms with E-state index in [1.807, 2.05) is 62.4 Å². The zero-order valence-corrected chi connectivity index (χ0v) is 14.5. The summed E-state index contributed by atoms with van der Waals surface area (Å²) in [6.07, 6.45) is 0.140. The van der Waals surface area contributed by atoms with Gasteiger partial charge >= 0.3 is 0 Å². The van der Waals surface area contributed by atoms with Gasteiger partial charge in [0.1, 0.15) is 11.6 Å². The molecule has 0 saturated heterocycles. The summed E-state index contributed by atoms with van der Waals surface area (Å²) >= 11 is 5.94. The molecule has 5 heteroatoms. The van der Waals surface area contributed by atoms with Crippen LogP contribution >= 0.6 is 11.6 Å². The fourth-order valence-electron chi connectivity index (χ4n) is 2.63. The van der Waals surface area contributed by atoms with Gasteiger partial charge in [-0.05, 0) is 37.6 Å². The molecule has 2 N–H and O–H groups in total. The van der Waals surface area contributed by atoms with E-state index in [4.69, 9.17) is 22.1 Å². The second-order valence-electron chi connectivity index (χ2n) is 5.89. The highest BCUT2D eigenvalue weighted by molar-refractivity contribution is 6.16. The van der Waals surface area contributed by atoms with Crippen molar-refractivity contribution < 1.29 is 4.74 Å². The molecule has 0 radical (unpaired) electrons. The number of nitrogens with two attached hydrogens (primary N) is 1. The number of alkyl halides is 1. The van der Waals surface area contributed by atoms with Gasteiger partial charge in [-0.15, -0.1) is 11.6 Å². The summed E-state index contributed by atoms with van der Waals surface area (Å²) in [6, 6.07) is 15.3. The number of benzene rings is 2. The third-order valence-corrected chi connectivity index (χ3v) is 3.94. The molecule has 0 fully saturated rings. The maximum absolute atomic E-state index is 6.48. The SMILES string of the molecule is CC(C)Oc1ccc(C(N)c2nc(CCl)nc3ccccc23)cc1. The second-order valence-corrected chi connectivity index (χ2v) is 6.16. The highest BCUT2D eigenvalue weighted by atomic mass is 35.5. The van der Waals surface area contributed by atoms with E-state index in [-0.39, 0.29) is 18.0 Å². The van der Waals surface area contributed by atoms with Crippen molar-refractivity contribution in [3.05, 3.63) is 65.6 Å². The molecule has 2 aromatic carbocycles. The predicted molar refractivity (Wildman–Crippen MR) is 97.3 cm³/mol. The Morgan fingerprint density at radius 2 is 1.75 bits per heavy atom. The molecular weight excluding hydrogens is 322 g/mol. The predicted octanol–water partition coefficient (Wildman–Crippen LogP) is 4.20. The first-order chi connectivity index (χ1) is 11.6. The van der Waals surface area contributed by atoms with Gasteiger partial charge in [-0.2, -0.15) is 0 Å². The van der Waals surface area contributed by atoms with Gasteiger partial charge in [-0.3, -0.25) is 0 Å². The first-order valence-corrected chi connectivity index (χ1v) is 8.45. The molecule has 0 amide bonds. The summed E-state index contributed by atoms with van der Waals surface area (Å²) in [5, 5.41) is 0.946. The van der Waals surface area contributed by atoms with Crippen LogP contribution in [0.1, 0.15) is 37.0 Å². The van der Waals surface area contributed by atoms with Gasteiger partial charge in [0.25, 0.3) is 0 Å². The van der Waals surface area contributed by atoms with Gasteiger partial charge in [0.15, 0.2) is 0 Å². The first kappa shape index (κ1) is 16.7. The van der Waals surface area contributed by atoms with E-state index < -0.39 is 0 Å². The number of para-hydroxylation sites is 1. The lowest BCUT2D eigenvalue weighted by molar-refractivity contribution is 0.242. The van der Waals surface area contributed by atoms with E-state index in [2.05, 4.69) is 9.97 Å². The fourth-order valence-corrected chi connectivity index (χ4v) is 2.75. The van der Waals surface area contributed by atoms with Gasteiger partial charge < -0.3 is 10.5 Å². The van der Waals surface area contributed by atoms with Crippen LogP contribution in [0.25, 0.3) is 10.9 Å². The normalized spacial score (nSPS) is 12.5. The molecule has 1 aromatic heterocycles. The van der Waals surface area contributed by atoms with E-state index in [9.17, 15) is 0 Å². The molecule has 1 heterocycles. The summed E-state index contributed by atoms with van der Waals surface area (Å²) in [7, 11) is 0. The molecule has 1 unspecified atom stereocenters. The molecule has 1 atom stereocenters. The molecular formula is C19H20ClN3O. The topological polar surface area (TPSA) is 61.0 Å². The summed E-state index contributed by atoms with van der Waals surface area (Å²) < 4.78 is 5.68. The highest BCUT2D eigenvalue weighted by Crippen LogP contribution is 2.27. The van der Waals surface area contributed by atoms with Crippen LogP contribution in [0, 0.1) is 0 Å². The first-order valence-electron chi connectivity index (χ1n) is 7.92. The third kappa shape index (κ3) is 3.50. The maximum Gasteiger partial charge on any atom is 0.144 e. The molecule has 0 bridgehead atoms. The Hall–Kier alpha value is -2.17. The lowest BCUT2D eigenvalue weighted by Crippen LogP contribution is -2.16. The van der Waals surface area contributed by atoms with Crippen LogP contribution in [0.15, 0.2) is 48.5 Å². The van der Waals surface area contributed by atoms with E-state index in [0.29, 0.717) is 5.82 Å². The average Bonchev–Trinajstić information content (AvgIpc) is 2.60. The molecule has 0 aliphatic heterocycles. The zero-order chi connectivity index (χ0) is 17.1. The monoisotopic (exact) mass is 341 g/mol. The quantitative estimate of drug-likeness (QED) is 0.706. The Morgan fingerprint density at radius 1 is 1.04 bits per heavy atom. The number of hydrogen-bond donors (Lipinski definition) is 1. The van der Waals surface area contributed by atoms with E-state index in [1.165, 1.54) is 0 Å². The van der Waals surface area contributed by atoms with Gasteiger partial charge in [0.05, 0.1) is 29.2 Å².